The lowest BCUT2D eigenvalue weighted by Crippen LogP contribution is -2.46. The summed E-state index contributed by atoms with van der Waals surface area (Å²) in [5, 5.41) is 9.84. The molecular formula is C10H21NO3S. The molecule has 1 N–H and O–H groups in total. The molecule has 0 aliphatic carbocycles. The van der Waals surface area contributed by atoms with Crippen molar-refractivity contribution in [3.8, 4) is 0 Å². The van der Waals surface area contributed by atoms with E-state index in [1.807, 2.05) is 6.92 Å². The number of hydrogen-bond acceptors (Lipinski definition) is 4. The van der Waals surface area contributed by atoms with E-state index in [0.717, 1.165) is 25.9 Å². The molecule has 1 rings (SSSR count). The van der Waals surface area contributed by atoms with Gasteiger partial charge >= 0.3 is 0 Å². The summed E-state index contributed by atoms with van der Waals surface area (Å²) in [7, 11) is -2.84. The van der Waals surface area contributed by atoms with Gasteiger partial charge in [-0.2, -0.15) is 0 Å². The van der Waals surface area contributed by atoms with E-state index in [4.69, 9.17) is 0 Å². The molecule has 0 amide bonds. The molecule has 0 saturated carbocycles. The third-order valence-electron chi connectivity index (χ3n) is 2.74. The Morgan fingerprint density at radius 3 is 2.67 bits per heavy atom. The van der Waals surface area contributed by atoms with Crippen LogP contribution in [-0.2, 0) is 9.84 Å². The number of nitrogens with zero attached hydrogens (tertiary/aromatic N) is 1. The number of likely N-dealkylation sites (tertiary alicyclic amines) is 1. The Bertz CT molecular complexity index is 298. The van der Waals surface area contributed by atoms with Crippen molar-refractivity contribution in [2.45, 2.75) is 31.8 Å². The lowest BCUT2D eigenvalue weighted by molar-refractivity contribution is -0.0152. The minimum atomic E-state index is -2.84. The summed E-state index contributed by atoms with van der Waals surface area (Å²) in [4.78, 5) is 2.15. The van der Waals surface area contributed by atoms with Gasteiger partial charge in [0, 0.05) is 12.8 Å². The highest BCUT2D eigenvalue weighted by molar-refractivity contribution is 7.90. The van der Waals surface area contributed by atoms with Crippen LogP contribution in [0.1, 0.15) is 26.2 Å². The van der Waals surface area contributed by atoms with Crippen LogP contribution in [0.15, 0.2) is 0 Å². The molecular weight excluding hydrogens is 214 g/mol. The molecule has 1 aliphatic heterocycles. The lowest BCUT2D eigenvalue weighted by Gasteiger charge is -2.36. The van der Waals surface area contributed by atoms with Crippen molar-refractivity contribution in [3.05, 3.63) is 0 Å². The normalized spacial score (nSPS) is 29.3. The third-order valence-corrected chi connectivity index (χ3v) is 3.77. The Labute approximate surface area is 92.2 Å². The molecule has 0 spiro atoms. The van der Waals surface area contributed by atoms with Gasteiger partial charge in [-0.05, 0) is 39.3 Å². The molecule has 1 fully saturated rings. The van der Waals surface area contributed by atoms with Gasteiger partial charge in [-0.25, -0.2) is 8.42 Å². The first-order valence-corrected chi connectivity index (χ1v) is 7.47. The van der Waals surface area contributed by atoms with Crippen molar-refractivity contribution in [1.82, 2.24) is 4.90 Å². The Morgan fingerprint density at radius 2 is 2.13 bits per heavy atom. The largest absolute Gasteiger partial charge is 0.389 e. The van der Waals surface area contributed by atoms with Crippen molar-refractivity contribution in [3.63, 3.8) is 0 Å². The molecule has 0 aromatic heterocycles. The van der Waals surface area contributed by atoms with Gasteiger partial charge in [0.2, 0.25) is 0 Å². The Morgan fingerprint density at radius 1 is 1.47 bits per heavy atom. The molecule has 0 radical (unpaired) electrons. The van der Waals surface area contributed by atoms with E-state index in [1.54, 1.807) is 0 Å². The van der Waals surface area contributed by atoms with E-state index in [0.29, 0.717) is 13.0 Å². The highest BCUT2D eigenvalue weighted by Crippen LogP contribution is 2.20. The zero-order chi connectivity index (χ0) is 11.5. The predicted octanol–water partition coefficient (Wildman–Crippen LogP) is 0.268. The monoisotopic (exact) mass is 235 g/mol. The quantitative estimate of drug-likeness (QED) is 0.760. The van der Waals surface area contributed by atoms with Crippen LogP contribution in [0.3, 0.4) is 0 Å². The fraction of sp³-hybridized carbons (Fsp3) is 1.00. The van der Waals surface area contributed by atoms with Crippen molar-refractivity contribution < 1.29 is 13.5 Å². The van der Waals surface area contributed by atoms with Gasteiger partial charge in [0.25, 0.3) is 0 Å². The smallest absolute Gasteiger partial charge is 0.147 e. The number of sulfone groups is 1. The van der Waals surface area contributed by atoms with Gasteiger partial charge in [0.05, 0.1) is 11.4 Å². The van der Waals surface area contributed by atoms with Crippen LogP contribution in [-0.4, -0.2) is 55.7 Å². The highest BCUT2D eigenvalue weighted by Gasteiger charge is 2.27. The van der Waals surface area contributed by atoms with Crippen LogP contribution in [0.25, 0.3) is 0 Å². The fourth-order valence-electron chi connectivity index (χ4n) is 2.06. The zero-order valence-electron chi connectivity index (χ0n) is 9.57. The standard InChI is InChI=1S/C10H21NO3S/c1-10(12)5-3-6-11(9-10)7-4-8-15(2,13)14/h12H,3-9H2,1-2H3. The minimum absolute atomic E-state index is 0.242. The molecule has 1 aliphatic rings. The molecule has 1 heterocycles. The Hall–Kier alpha value is -0.130. The van der Waals surface area contributed by atoms with Crippen LogP contribution in [0.2, 0.25) is 0 Å². The highest BCUT2D eigenvalue weighted by atomic mass is 32.2. The van der Waals surface area contributed by atoms with E-state index >= 15 is 0 Å². The van der Waals surface area contributed by atoms with Crippen molar-refractivity contribution in [2.75, 3.05) is 31.6 Å². The first kappa shape index (κ1) is 12.9. The topological polar surface area (TPSA) is 57.6 Å². The maximum atomic E-state index is 10.9. The van der Waals surface area contributed by atoms with Crippen molar-refractivity contribution >= 4 is 9.84 Å². The first-order chi connectivity index (χ1) is 6.79. The van der Waals surface area contributed by atoms with Crippen LogP contribution < -0.4 is 0 Å². The number of aliphatic hydroxyl groups is 1. The van der Waals surface area contributed by atoms with Crippen LogP contribution >= 0.6 is 0 Å². The number of hydrogen-bond donors (Lipinski definition) is 1. The van der Waals surface area contributed by atoms with E-state index < -0.39 is 15.4 Å². The van der Waals surface area contributed by atoms with Gasteiger partial charge < -0.3 is 10.0 Å². The SMILES string of the molecule is CC1(O)CCCN(CCCS(C)(=O)=O)C1. The van der Waals surface area contributed by atoms with E-state index in [2.05, 4.69) is 4.90 Å². The second-order valence-corrected chi connectivity index (χ2v) is 7.12. The number of piperidine rings is 1. The average Bonchev–Trinajstić information content (AvgIpc) is 1.99. The summed E-state index contributed by atoms with van der Waals surface area (Å²) < 4.78 is 21.9. The van der Waals surface area contributed by atoms with Crippen molar-refractivity contribution in [1.29, 1.82) is 0 Å². The fourth-order valence-corrected chi connectivity index (χ4v) is 2.72. The second-order valence-electron chi connectivity index (χ2n) is 4.86. The first-order valence-electron chi connectivity index (χ1n) is 5.41. The molecule has 15 heavy (non-hydrogen) atoms. The molecule has 1 saturated heterocycles. The molecule has 4 nitrogen and oxygen atoms in total. The Kier molecular flexibility index (Phi) is 4.14. The van der Waals surface area contributed by atoms with Crippen LogP contribution in [0.4, 0.5) is 0 Å². The van der Waals surface area contributed by atoms with Crippen LogP contribution in [0.5, 0.6) is 0 Å². The van der Waals surface area contributed by atoms with Gasteiger partial charge in [-0.1, -0.05) is 0 Å². The van der Waals surface area contributed by atoms with E-state index in [1.165, 1.54) is 6.26 Å². The lowest BCUT2D eigenvalue weighted by atomic mass is 9.95. The molecule has 5 heteroatoms. The van der Waals surface area contributed by atoms with Gasteiger partial charge in [-0.3, -0.25) is 0 Å². The maximum Gasteiger partial charge on any atom is 0.147 e. The molecule has 0 bridgehead atoms. The van der Waals surface area contributed by atoms with Crippen LogP contribution in [0, 0.1) is 0 Å². The Balaban J connectivity index is 2.28. The summed E-state index contributed by atoms with van der Waals surface area (Å²) in [5.74, 6) is 0.242. The molecule has 0 aromatic carbocycles. The molecule has 1 atom stereocenters. The molecule has 90 valence electrons. The maximum absolute atomic E-state index is 10.9. The summed E-state index contributed by atoms with van der Waals surface area (Å²) >= 11 is 0. The summed E-state index contributed by atoms with van der Waals surface area (Å²) in [6, 6.07) is 0. The van der Waals surface area contributed by atoms with Gasteiger partial charge in [0.15, 0.2) is 0 Å². The third kappa shape index (κ3) is 5.49. The number of rotatable bonds is 4. The summed E-state index contributed by atoms with van der Waals surface area (Å²) in [5.41, 5.74) is -0.594. The zero-order valence-corrected chi connectivity index (χ0v) is 10.4. The average molecular weight is 235 g/mol. The second kappa shape index (κ2) is 4.80. The van der Waals surface area contributed by atoms with Crippen molar-refractivity contribution in [2.24, 2.45) is 0 Å². The molecule has 0 aromatic rings. The summed E-state index contributed by atoms with van der Waals surface area (Å²) in [6.07, 6.45) is 3.76. The van der Waals surface area contributed by atoms with E-state index in [9.17, 15) is 13.5 Å². The minimum Gasteiger partial charge on any atom is -0.389 e. The number of β-amino-alcohol motifs (C(OH)–C–C–N with tert-alkyl or cyclic N) is 1. The van der Waals surface area contributed by atoms with Gasteiger partial charge in [-0.15, -0.1) is 0 Å². The predicted molar refractivity (Wildman–Crippen MR) is 60.6 cm³/mol. The molecule has 1 unspecified atom stereocenters. The van der Waals surface area contributed by atoms with Gasteiger partial charge in [0.1, 0.15) is 9.84 Å². The van der Waals surface area contributed by atoms with E-state index in [-0.39, 0.29) is 5.75 Å². The summed E-state index contributed by atoms with van der Waals surface area (Å²) in [6.45, 7) is 4.25.